The van der Waals surface area contributed by atoms with Gasteiger partial charge in [-0.25, -0.2) is 4.98 Å². The van der Waals surface area contributed by atoms with Crippen LogP contribution in [0.2, 0.25) is 0 Å². The van der Waals surface area contributed by atoms with E-state index in [-0.39, 0.29) is 4.92 Å². The molecular weight excluding hydrogens is 206 g/mol. The molecule has 0 aliphatic rings. The molecule has 0 atom stereocenters. The van der Waals surface area contributed by atoms with Gasteiger partial charge in [-0.3, -0.25) is 10.1 Å². The number of imidazole rings is 1. The molecule has 1 heterocycles. The van der Waals surface area contributed by atoms with Gasteiger partial charge in [0.05, 0.1) is 11.1 Å². The minimum atomic E-state index is -1.05. The van der Waals surface area contributed by atoms with Crippen LogP contribution in [-0.4, -0.2) is 20.0 Å². The van der Waals surface area contributed by atoms with E-state index in [1.165, 1.54) is 0 Å². The van der Waals surface area contributed by atoms with Crippen molar-refractivity contribution in [3.63, 3.8) is 0 Å². The second-order valence-corrected chi connectivity index (χ2v) is 5.23. The van der Waals surface area contributed by atoms with Crippen molar-refractivity contribution in [3.05, 3.63) is 27.8 Å². The van der Waals surface area contributed by atoms with Crippen molar-refractivity contribution >= 4 is 0 Å². The summed E-state index contributed by atoms with van der Waals surface area (Å²) in [6, 6.07) is 0. The van der Waals surface area contributed by atoms with Gasteiger partial charge in [0.15, 0.2) is 0 Å². The first-order chi connectivity index (χ1) is 7.10. The predicted octanol–water partition coefficient (Wildman–Crippen LogP) is 2.06. The third kappa shape index (κ3) is 1.70. The molecule has 0 spiro atoms. The van der Waals surface area contributed by atoms with E-state index in [0.717, 1.165) is 11.5 Å². The molecule has 0 aliphatic heterocycles. The smallest absolute Gasteiger partial charge is 0.227 e. The first kappa shape index (κ1) is 12.7. The van der Waals surface area contributed by atoms with Gasteiger partial charge in [-0.15, -0.1) is 0 Å². The highest BCUT2D eigenvalue weighted by molar-refractivity contribution is 5.18. The molecule has 5 heteroatoms. The fraction of sp³-hybridized carbons (Fsp3) is 0.727. The van der Waals surface area contributed by atoms with Crippen molar-refractivity contribution in [2.75, 3.05) is 0 Å². The molecule has 1 aromatic rings. The van der Waals surface area contributed by atoms with Crippen LogP contribution < -0.4 is 0 Å². The molecule has 16 heavy (non-hydrogen) atoms. The van der Waals surface area contributed by atoms with Gasteiger partial charge in [0.25, 0.3) is 0 Å². The predicted molar refractivity (Wildman–Crippen MR) is 62.0 cm³/mol. The Balaban J connectivity index is 3.25. The normalized spacial score (nSPS) is 12.9. The molecule has 90 valence electrons. The lowest BCUT2D eigenvalue weighted by molar-refractivity contribution is -0.573. The van der Waals surface area contributed by atoms with Crippen LogP contribution in [0.1, 0.15) is 39.2 Å². The van der Waals surface area contributed by atoms with Crippen molar-refractivity contribution in [2.24, 2.45) is 7.05 Å². The molecule has 0 aliphatic carbocycles. The molecule has 0 N–H and O–H groups in total. The Hall–Kier alpha value is -1.39. The number of rotatable bonds is 3. The summed E-state index contributed by atoms with van der Waals surface area (Å²) >= 11 is 0. The fourth-order valence-corrected chi connectivity index (χ4v) is 1.40. The van der Waals surface area contributed by atoms with Crippen LogP contribution in [0, 0.1) is 17.0 Å². The quantitative estimate of drug-likeness (QED) is 0.584. The zero-order valence-corrected chi connectivity index (χ0v) is 10.7. The van der Waals surface area contributed by atoms with Crippen LogP contribution in [0.4, 0.5) is 0 Å². The van der Waals surface area contributed by atoms with E-state index in [0.29, 0.717) is 0 Å². The number of nitrogens with zero attached hydrogens (tertiary/aromatic N) is 3. The molecule has 0 radical (unpaired) electrons. The summed E-state index contributed by atoms with van der Waals surface area (Å²) in [6.45, 7) is 8.88. The standard InChI is InChI=1S/C11H19N3O2/c1-8-12-9(7-13(8)6)10(2,3)11(4,5)14(15)16/h7H,1-6H3. The van der Waals surface area contributed by atoms with E-state index in [4.69, 9.17) is 0 Å². The summed E-state index contributed by atoms with van der Waals surface area (Å²) in [4.78, 5) is 15.3. The Morgan fingerprint density at radius 3 is 2.19 bits per heavy atom. The molecule has 1 rings (SSSR count). The second kappa shape index (κ2) is 3.57. The Morgan fingerprint density at radius 1 is 1.38 bits per heavy atom. The Kier molecular flexibility index (Phi) is 2.83. The zero-order chi connectivity index (χ0) is 12.7. The number of aromatic nitrogens is 2. The zero-order valence-electron chi connectivity index (χ0n) is 10.7. The van der Waals surface area contributed by atoms with E-state index < -0.39 is 11.0 Å². The van der Waals surface area contributed by atoms with Gasteiger partial charge in [-0.05, 0) is 20.8 Å². The average molecular weight is 225 g/mol. The van der Waals surface area contributed by atoms with Crippen molar-refractivity contribution in [3.8, 4) is 0 Å². The van der Waals surface area contributed by atoms with Crippen molar-refractivity contribution < 1.29 is 4.92 Å². The summed E-state index contributed by atoms with van der Waals surface area (Å²) in [5.74, 6) is 0.863. The number of hydrogen-bond donors (Lipinski definition) is 0. The molecule has 0 unspecified atom stereocenters. The molecule has 0 saturated carbocycles. The van der Waals surface area contributed by atoms with E-state index in [1.54, 1.807) is 13.8 Å². The third-order valence-corrected chi connectivity index (χ3v) is 3.73. The van der Waals surface area contributed by atoms with Crippen LogP contribution >= 0.6 is 0 Å². The van der Waals surface area contributed by atoms with Crippen molar-refractivity contribution in [1.82, 2.24) is 9.55 Å². The maximum absolute atomic E-state index is 11.1. The van der Waals surface area contributed by atoms with Crippen LogP contribution in [0.15, 0.2) is 6.20 Å². The van der Waals surface area contributed by atoms with Gasteiger partial charge in [-0.1, -0.05) is 0 Å². The Bertz CT molecular complexity index is 399. The monoisotopic (exact) mass is 225 g/mol. The molecule has 0 saturated heterocycles. The van der Waals surface area contributed by atoms with E-state index >= 15 is 0 Å². The maximum atomic E-state index is 11.1. The Morgan fingerprint density at radius 2 is 1.88 bits per heavy atom. The first-order valence-corrected chi connectivity index (χ1v) is 5.25. The fourth-order valence-electron chi connectivity index (χ4n) is 1.40. The van der Waals surface area contributed by atoms with Gasteiger partial charge in [-0.2, -0.15) is 0 Å². The van der Waals surface area contributed by atoms with Crippen LogP contribution in [0.25, 0.3) is 0 Å². The topological polar surface area (TPSA) is 61.0 Å². The summed E-state index contributed by atoms with van der Waals surface area (Å²) in [7, 11) is 1.89. The summed E-state index contributed by atoms with van der Waals surface area (Å²) in [6.07, 6.45) is 1.86. The minimum Gasteiger partial charge on any atom is -0.338 e. The van der Waals surface area contributed by atoms with E-state index in [2.05, 4.69) is 4.98 Å². The Labute approximate surface area is 95.6 Å². The number of hydrogen-bond acceptors (Lipinski definition) is 3. The van der Waals surface area contributed by atoms with Gasteiger partial charge in [0.1, 0.15) is 5.82 Å². The lowest BCUT2D eigenvalue weighted by atomic mass is 9.73. The highest BCUT2D eigenvalue weighted by atomic mass is 16.6. The lowest BCUT2D eigenvalue weighted by Gasteiger charge is -2.32. The minimum absolute atomic E-state index is 0.239. The van der Waals surface area contributed by atoms with Gasteiger partial charge in [0.2, 0.25) is 5.54 Å². The third-order valence-electron chi connectivity index (χ3n) is 3.73. The average Bonchev–Trinajstić information content (AvgIpc) is 2.47. The SMILES string of the molecule is Cc1nc(C(C)(C)C(C)(C)[N+](=O)[O-])cn1C. The summed E-state index contributed by atoms with van der Waals surface area (Å²) in [5.41, 5.74) is -0.898. The molecule has 5 nitrogen and oxygen atoms in total. The summed E-state index contributed by atoms with van der Waals surface area (Å²) < 4.78 is 1.88. The molecule has 0 fully saturated rings. The van der Waals surface area contributed by atoms with Crippen LogP contribution in [0.5, 0.6) is 0 Å². The van der Waals surface area contributed by atoms with Gasteiger partial charge < -0.3 is 4.57 Å². The van der Waals surface area contributed by atoms with Gasteiger partial charge in [0, 0.05) is 32.0 Å². The largest absolute Gasteiger partial charge is 0.338 e. The molecule has 0 amide bonds. The molecule has 1 aromatic heterocycles. The van der Waals surface area contributed by atoms with Crippen LogP contribution in [-0.2, 0) is 12.5 Å². The van der Waals surface area contributed by atoms with E-state index in [1.807, 2.05) is 38.6 Å². The lowest BCUT2D eigenvalue weighted by Crippen LogP contribution is -2.49. The molecule has 0 bridgehead atoms. The summed E-state index contributed by atoms with van der Waals surface area (Å²) in [5, 5.41) is 11.1. The molecule has 0 aromatic carbocycles. The van der Waals surface area contributed by atoms with Crippen molar-refractivity contribution in [2.45, 2.75) is 45.6 Å². The van der Waals surface area contributed by atoms with Crippen LogP contribution in [0.3, 0.4) is 0 Å². The number of aryl methyl sites for hydroxylation is 2. The van der Waals surface area contributed by atoms with Gasteiger partial charge >= 0.3 is 0 Å². The molecular formula is C11H19N3O2. The first-order valence-electron chi connectivity index (χ1n) is 5.25. The number of nitro groups is 1. The maximum Gasteiger partial charge on any atom is 0.227 e. The highest BCUT2D eigenvalue weighted by Crippen LogP contribution is 2.36. The van der Waals surface area contributed by atoms with Crippen molar-refractivity contribution in [1.29, 1.82) is 0 Å². The highest BCUT2D eigenvalue weighted by Gasteiger charge is 2.50. The van der Waals surface area contributed by atoms with E-state index in [9.17, 15) is 10.1 Å². The second-order valence-electron chi connectivity index (χ2n) is 5.23.